The summed E-state index contributed by atoms with van der Waals surface area (Å²) in [7, 11) is 1.73. The van der Waals surface area contributed by atoms with Gasteiger partial charge in [0, 0.05) is 31.1 Å². The molecule has 1 saturated heterocycles. The Morgan fingerprint density at radius 2 is 2.23 bits per heavy atom. The maximum absolute atomic E-state index is 13.6. The number of carbonyl (C=O) groups excluding carboxylic acids is 1. The van der Waals surface area contributed by atoms with E-state index in [0.717, 1.165) is 13.0 Å². The molecule has 0 aromatic heterocycles. The van der Waals surface area contributed by atoms with Crippen molar-refractivity contribution in [1.29, 1.82) is 0 Å². The number of nitrogens with zero attached hydrogens (tertiary/aromatic N) is 1. The lowest BCUT2D eigenvalue weighted by atomic mass is 10.1. The number of carbonyl (C=O) groups is 1. The van der Waals surface area contributed by atoms with Crippen LogP contribution >= 0.6 is 23.2 Å². The maximum Gasteiger partial charge on any atom is 0.317 e. The number of hydrogen-bond donors (Lipinski definition) is 1. The van der Waals surface area contributed by atoms with Gasteiger partial charge in [-0.05, 0) is 31.0 Å². The predicted octanol–water partition coefficient (Wildman–Crippen LogP) is 3.87. The topological polar surface area (TPSA) is 41.6 Å². The summed E-state index contributed by atoms with van der Waals surface area (Å²) in [5.41, 5.74) is 0.495. The number of hydrogen-bond acceptors (Lipinski definition) is 2. The first-order valence-electron chi connectivity index (χ1n) is 7.12. The van der Waals surface area contributed by atoms with Crippen molar-refractivity contribution < 1.29 is 13.9 Å². The van der Waals surface area contributed by atoms with Gasteiger partial charge in [-0.3, -0.25) is 0 Å². The summed E-state index contributed by atoms with van der Waals surface area (Å²) in [6, 6.07) is 1.94. The summed E-state index contributed by atoms with van der Waals surface area (Å²) in [6.45, 7) is 3.80. The third-order valence-corrected chi connectivity index (χ3v) is 4.37. The van der Waals surface area contributed by atoms with E-state index in [9.17, 15) is 9.18 Å². The molecular weight excluding hydrogens is 330 g/mol. The molecule has 1 N–H and O–H groups in total. The van der Waals surface area contributed by atoms with Crippen LogP contribution in [0, 0.1) is 11.7 Å². The van der Waals surface area contributed by atoms with Gasteiger partial charge in [0.1, 0.15) is 5.82 Å². The molecule has 0 aliphatic carbocycles. The van der Waals surface area contributed by atoms with Crippen molar-refractivity contribution in [2.45, 2.75) is 19.4 Å². The number of nitrogens with one attached hydrogen (secondary N) is 1. The molecule has 7 heteroatoms. The third-order valence-electron chi connectivity index (χ3n) is 3.75. The minimum absolute atomic E-state index is 0.0365. The highest BCUT2D eigenvalue weighted by Crippen LogP contribution is 2.28. The molecule has 1 aromatic carbocycles. The monoisotopic (exact) mass is 348 g/mol. The third kappa shape index (κ3) is 4.24. The Morgan fingerprint density at radius 3 is 2.86 bits per heavy atom. The zero-order chi connectivity index (χ0) is 16.3. The number of rotatable bonds is 4. The van der Waals surface area contributed by atoms with Gasteiger partial charge in [-0.1, -0.05) is 23.2 Å². The Balaban J connectivity index is 1.97. The van der Waals surface area contributed by atoms with E-state index in [4.69, 9.17) is 27.9 Å². The van der Waals surface area contributed by atoms with E-state index in [-0.39, 0.29) is 11.1 Å². The van der Waals surface area contributed by atoms with Gasteiger partial charge in [-0.25, -0.2) is 9.18 Å². The van der Waals surface area contributed by atoms with E-state index >= 15 is 0 Å². The van der Waals surface area contributed by atoms with Crippen molar-refractivity contribution in [3.63, 3.8) is 0 Å². The minimum atomic E-state index is -0.557. The first-order valence-corrected chi connectivity index (χ1v) is 7.88. The van der Waals surface area contributed by atoms with Crippen LogP contribution in [0.4, 0.5) is 9.18 Å². The number of amides is 2. The van der Waals surface area contributed by atoms with Gasteiger partial charge < -0.3 is 15.0 Å². The quantitative estimate of drug-likeness (QED) is 0.839. The zero-order valence-electron chi connectivity index (χ0n) is 12.5. The van der Waals surface area contributed by atoms with Crippen molar-refractivity contribution in [3.8, 4) is 0 Å². The van der Waals surface area contributed by atoms with Crippen LogP contribution in [-0.2, 0) is 4.74 Å². The van der Waals surface area contributed by atoms with Gasteiger partial charge in [-0.15, -0.1) is 0 Å². The summed E-state index contributed by atoms with van der Waals surface area (Å²) in [6.07, 6.45) is 0.960. The molecule has 0 spiro atoms. The van der Waals surface area contributed by atoms with Crippen LogP contribution in [0.1, 0.15) is 24.9 Å². The highest BCUT2D eigenvalue weighted by Gasteiger charge is 2.22. The summed E-state index contributed by atoms with van der Waals surface area (Å²) in [5, 5.41) is 3.10. The maximum atomic E-state index is 13.6. The SMILES string of the molecule is C[C@@H](NC(=O)N(C)C[C@H]1CCOC1)c1cc(F)c(Cl)cc1Cl. The lowest BCUT2D eigenvalue weighted by molar-refractivity contribution is 0.170. The number of ether oxygens (including phenoxy) is 1. The number of halogens is 3. The first-order chi connectivity index (χ1) is 10.4. The van der Waals surface area contributed by atoms with Crippen molar-refractivity contribution in [3.05, 3.63) is 33.6 Å². The van der Waals surface area contributed by atoms with Gasteiger partial charge >= 0.3 is 6.03 Å². The van der Waals surface area contributed by atoms with Crippen LogP contribution in [0.5, 0.6) is 0 Å². The van der Waals surface area contributed by atoms with Crippen molar-refractivity contribution in [2.75, 3.05) is 26.8 Å². The first kappa shape index (κ1) is 17.3. The number of benzene rings is 1. The van der Waals surface area contributed by atoms with Crippen LogP contribution < -0.4 is 5.32 Å². The highest BCUT2D eigenvalue weighted by atomic mass is 35.5. The van der Waals surface area contributed by atoms with Crippen LogP contribution in [0.3, 0.4) is 0 Å². The van der Waals surface area contributed by atoms with Gasteiger partial charge in [0.05, 0.1) is 17.7 Å². The van der Waals surface area contributed by atoms with Crippen molar-refractivity contribution in [2.24, 2.45) is 5.92 Å². The fourth-order valence-corrected chi connectivity index (χ4v) is 2.99. The Bertz CT molecular complexity index is 551. The molecule has 1 fully saturated rings. The average Bonchev–Trinajstić information content (AvgIpc) is 2.95. The molecule has 0 unspecified atom stereocenters. The van der Waals surface area contributed by atoms with Gasteiger partial charge in [0.15, 0.2) is 0 Å². The smallest absolute Gasteiger partial charge is 0.317 e. The fourth-order valence-electron chi connectivity index (χ4n) is 2.44. The molecule has 4 nitrogen and oxygen atoms in total. The Hall–Kier alpha value is -1.04. The van der Waals surface area contributed by atoms with Gasteiger partial charge in [-0.2, -0.15) is 0 Å². The summed E-state index contributed by atoms with van der Waals surface area (Å²) in [4.78, 5) is 13.8. The van der Waals surface area contributed by atoms with Crippen molar-refractivity contribution in [1.82, 2.24) is 10.2 Å². The Morgan fingerprint density at radius 1 is 1.50 bits per heavy atom. The van der Waals surface area contributed by atoms with Crippen molar-refractivity contribution >= 4 is 29.2 Å². The Labute approximate surface area is 139 Å². The predicted molar refractivity (Wildman–Crippen MR) is 84.9 cm³/mol. The summed E-state index contributed by atoms with van der Waals surface area (Å²) >= 11 is 11.7. The molecule has 1 aliphatic heterocycles. The zero-order valence-corrected chi connectivity index (χ0v) is 14.0. The molecule has 1 heterocycles. The van der Waals surface area contributed by atoms with Crippen LogP contribution in [0.2, 0.25) is 10.0 Å². The second kappa shape index (κ2) is 7.49. The molecule has 2 atom stereocenters. The van der Waals surface area contributed by atoms with E-state index in [2.05, 4.69) is 5.32 Å². The molecule has 2 rings (SSSR count). The van der Waals surface area contributed by atoms with E-state index in [0.29, 0.717) is 29.7 Å². The molecule has 1 aromatic rings. The van der Waals surface area contributed by atoms with Crippen LogP contribution in [-0.4, -0.2) is 37.7 Å². The van der Waals surface area contributed by atoms with E-state index in [1.165, 1.54) is 12.1 Å². The van der Waals surface area contributed by atoms with Gasteiger partial charge in [0.2, 0.25) is 0 Å². The van der Waals surface area contributed by atoms with Crippen LogP contribution in [0.25, 0.3) is 0 Å². The molecule has 2 amide bonds. The molecular formula is C15H19Cl2FN2O2. The molecule has 1 aliphatic rings. The van der Waals surface area contributed by atoms with Gasteiger partial charge in [0.25, 0.3) is 0 Å². The Kier molecular flexibility index (Phi) is 5.89. The standard InChI is InChI=1S/C15H19Cl2FN2O2/c1-9(11-5-14(18)13(17)6-12(11)16)19-15(21)20(2)7-10-3-4-22-8-10/h5-6,9-10H,3-4,7-8H2,1-2H3,(H,19,21)/t9-,10-/m1/s1. The molecule has 0 saturated carbocycles. The number of urea groups is 1. The lowest BCUT2D eigenvalue weighted by Crippen LogP contribution is -2.41. The average molecular weight is 349 g/mol. The molecule has 0 radical (unpaired) electrons. The largest absolute Gasteiger partial charge is 0.381 e. The fraction of sp³-hybridized carbons (Fsp3) is 0.533. The molecule has 0 bridgehead atoms. The minimum Gasteiger partial charge on any atom is -0.381 e. The van der Waals surface area contributed by atoms with E-state index in [1.54, 1.807) is 18.9 Å². The summed E-state index contributed by atoms with van der Waals surface area (Å²) < 4.78 is 18.9. The molecule has 122 valence electrons. The normalized spacial score (nSPS) is 19.0. The summed E-state index contributed by atoms with van der Waals surface area (Å²) in [5.74, 6) is -0.193. The second-order valence-electron chi connectivity index (χ2n) is 5.57. The van der Waals surface area contributed by atoms with E-state index < -0.39 is 11.9 Å². The lowest BCUT2D eigenvalue weighted by Gasteiger charge is -2.24. The van der Waals surface area contributed by atoms with E-state index in [1.807, 2.05) is 0 Å². The highest BCUT2D eigenvalue weighted by molar-refractivity contribution is 6.35. The van der Waals surface area contributed by atoms with Crippen LogP contribution in [0.15, 0.2) is 12.1 Å². The molecule has 22 heavy (non-hydrogen) atoms. The second-order valence-corrected chi connectivity index (χ2v) is 6.38.